The third-order valence-electron chi connectivity index (χ3n) is 5.11. The molecule has 0 aliphatic heterocycles. The Morgan fingerprint density at radius 2 is 1.97 bits per heavy atom. The van der Waals surface area contributed by atoms with E-state index >= 15 is 0 Å². The fourth-order valence-corrected chi connectivity index (χ4v) is 3.92. The summed E-state index contributed by atoms with van der Waals surface area (Å²) in [6, 6.07) is 13.6. The molecule has 0 saturated heterocycles. The maximum atomic E-state index is 12.5. The molecule has 0 fully saturated rings. The van der Waals surface area contributed by atoms with Crippen molar-refractivity contribution in [3.05, 3.63) is 70.1 Å². The number of halogens is 1. The summed E-state index contributed by atoms with van der Waals surface area (Å²) in [6.07, 6.45) is 1.58. The minimum atomic E-state index is -0.419. The third kappa shape index (κ3) is 4.36. The highest BCUT2D eigenvalue weighted by atomic mass is 35.5. The van der Waals surface area contributed by atoms with Crippen molar-refractivity contribution in [3.8, 4) is 0 Å². The van der Waals surface area contributed by atoms with Gasteiger partial charge in [0.15, 0.2) is 5.76 Å². The van der Waals surface area contributed by atoms with Gasteiger partial charge in [0.25, 0.3) is 0 Å². The molecule has 1 N–H and O–H groups in total. The number of hydrogen-bond donors (Lipinski definition) is 1. The highest BCUT2D eigenvalue weighted by molar-refractivity contribution is 6.34. The average Bonchev–Trinajstić information content (AvgIpc) is 3.27. The molecule has 0 radical (unpaired) electrons. The molecule has 2 aromatic carbocycles. The Morgan fingerprint density at radius 3 is 2.77 bits per heavy atom. The highest BCUT2D eigenvalue weighted by Crippen LogP contribution is 2.30. The quantitative estimate of drug-likeness (QED) is 0.237. The largest absolute Gasteiger partial charge is 0.451 e. The number of ether oxygens (including phenoxy) is 1. The zero-order chi connectivity index (χ0) is 22.0. The molecule has 2 aromatic heterocycles. The number of nitrogens with one attached hydrogen (secondary N) is 1. The van der Waals surface area contributed by atoms with Crippen LogP contribution in [-0.4, -0.2) is 29.9 Å². The molecule has 0 bridgehead atoms. The van der Waals surface area contributed by atoms with Crippen molar-refractivity contribution in [3.63, 3.8) is 0 Å². The van der Waals surface area contributed by atoms with Crippen molar-refractivity contribution in [1.82, 2.24) is 9.99 Å². The van der Waals surface area contributed by atoms with Gasteiger partial charge >= 0.3 is 5.91 Å². The van der Waals surface area contributed by atoms with Gasteiger partial charge in [-0.3, -0.25) is 4.79 Å². The van der Waals surface area contributed by atoms with Gasteiger partial charge in [-0.25, -0.2) is 5.43 Å². The van der Waals surface area contributed by atoms with Gasteiger partial charge in [-0.2, -0.15) is 5.10 Å². The average molecular weight is 438 g/mol. The van der Waals surface area contributed by atoms with Gasteiger partial charge in [-0.05, 0) is 51.1 Å². The van der Waals surface area contributed by atoms with Crippen molar-refractivity contribution in [2.45, 2.75) is 27.3 Å². The fraction of sp³-hybridized carbons (Fsp3) is 0.250. The molecule has 4 aromatic rings. The van der Waals surface area contributed by atoms with E-state index in [1.165, 1.54) is 0 Å². The Labute approximate surface area is 185 Å². The molecular weight excluding hydrogens is 414 g/mol. The lowest BCUT2D eigenvalue weighted by molar-refractivity contribution is 0.0929. The van der Waals surface area contributed by atoms with Crippen LogP contribution in [0.25, 0.3) is 21.9 Å². The van der Waals surface area contributed by atoms with Gasteiger partial charge in [0.2, 0.25) is 0 Å². The van der Waals surface area contributed by atoms with E-state index in [2.05, 4.69) is 16.6 Å². The van der Waals surface area contributed by atoms with E-state index < -0.39 is 5.91 Å². The number of rotatable bonds is 7. The smallest absolute Gasteiger partial charge is 0.307 e. The van der Waals surface area contributed by atoms with E-state index in [9.17, 15) is 4.79 Å². The summed E-state index contributed by atoms with van der Waals surface area (Å²) in [5.41, 5.74) is 7.16. The summed E-state index contributed by atoms with van der Waals surface area (Å²) < 4.78 is 13.1. The number of aromatic nitrogens is 1. The van der Waals surface area contributed by atoms with Crippen LogP contribution in [-0.2, 0) is 11.3 Å². The predicted octanol–water partition coefficient (Wildman–Crippen LogP) is 5.46. The molecule has 2 heterocycles. The maximum absolute atomic E-state index is 12.5. The SMILES string of the molecule is CCOCCn1c(Cl)c(C=NNC(=O)c2cc3cc(C)ccc3o2)c2cc(C)ccc21. The maximum Gasteiger partial charge on any atom is 0.307 e. The molecule has 0 atom stereocenters. The van der Waals surface area contributed by atoms with Gasteiger partial charge < -0.3 is 13.7 Å². The Kier molecular flexibility index (Phi) is 6.11. The minimum absolute atomic E-state index is 0.207. The van der Waals surface area contributed by atoms with Crippen molar-refractivity contribution >= 4 is 45.6 Å². The molecule has 31 heavy (non-hydrogen) atoms. The van der Waals surface area contributed by atoms with Crippen molar-refractivity contribution in [2.24, 2.45) is 5.10 Å². The lowest BCUT2D eigenvalue weighted by Crippen LogP contribution is -2.16. The summed E-state index contributed by atoms with van der Waals surface area (Å²) in [4.78, 5) is 12.5. The van der Waals surface area contributed by atoms with Crippen molar-refractivity contribution < 1.29 is 13.9 Å². The van der Waals surface area contributed by atoms with Crippen LogP contribution in [0.3, 0.4) is 0 Å². The number of fused-ring (bicyclic) bond motifs is 2. The van der Waals surface area contributed by atoms with Gasteiger partial charge in [0.1, 0.15) is 10.7 Å². The summed E-state index contributed by atoms with van der Waals surface area (Å²) >= 11 is 6.67. The van der Waals surface area contributed by atoms with E-state index in [-0.39, 0.29) is 5.76 Å². The first-order valence-corrected chi connectivity index (χ1v) is 10.6. The molecule has 1 amide bonds. The van der Waals surface area contributed by atoms with Crippen LogP contribution in [0.15, 0.2) is 52.0 Å². The lowest BCUT2D eigenvalue weighted by atomic mass is 10.1. The number of nitrogens with zero attached hydrogens (tertiary/aromatic N) is 2. The van der Waals surface area contributed by atoms with Crippen LogP contribution < -0.4 is 5.43 Å². The van der Waals surface area contributed by atoms with E-state index in [0.29, 0.717) is 30.5 Å². The van der Waals surface area contributed by atoms with Crippen molar-refractivity contribution in [1.29, 1.82) is 0 Å². The first-order chi connectivity index (χ1) is 15.0. The van der Waals surface area contributed by atoms with Crippen LogP contribution in [0, 0.1) is 13.8 Å². The van der Waals surface area contributed by atoms with E-state index in [1.54, 1.807) is 12.3 Å². The second-order valence-corrected chi connectivity index (χ2v) is 7.78. The van der Waals surface area contributed by atoms with Crippen LogP contribution in [0.5, 0.6) is 0 Å². The first kappa shape index (κ1) is 21.2. The standard InChI is InChI=1S/C24H24ClN3O3/c1-4-30-10-9-28-20-7-5-16(3)12-18(20)19(23(28)25)14-26-27-24(29)22-13-17-11-15(2)6-8-21(17)31-22/h5-8,11-14H,4,9-10H2,1-3H3,(H,27,29). The van der Waals surface area contributed by atoms with E-state index in [0.717, 1.165) is 33.0 Å². The zero-order valence-corrected chi connectivity index (χ0v) is 18.5. The molecule has 0 aliphatic carbocycles. The Bertz CT molecular complexity index is 1290. The lowest BCUT2D eigenvalue weighted by Gasteiger charge is -2.07. The number of amides is 1. The first-order valence-electron chi connectivity index (χ1n) is 10.2. The predicted molar refractivity (Wildman–Crippen MR) is 124 cm³/mol. The normalized spacial score (nSPS) is 11.7. The van der Waals surface area contributed by atoms with Crippen LogP contribution in [0.4, 0.5) is 0 Å². The van der Waals surface area contributed by atoms with Crippen LogP contribution in [0.2, 0.25) is 5.15 Å². The van der Waals surface area contributed by atoms with Gasteiger partial charge in [0, 0.05) is 35.0 Å². The number of carbonyl (C=O) groups is 1. The Balaban J connectivity index is 1.58. The van der Waals surface area contributed by atoms with Gasteiger partial charge in [-0.15, -0.1) is 0 Å². The third-order valence-corrected chi connectivity index (χ3v) is 5.52. The van der Waals surface area contributed by atoms with E-state index in [1.807, 2.05) is 55.7 Å². The minimum Gasteiger partial charge on any atom is -0.451 e. The van der Waals surface area contributed by atoms with Gasteiger partial charge in [0.05, 0.1) is 12.8 Å². The molecule has 7 heteroatoms. The summed E-state index contributed by atoms with van der Waals surface area (Å²) in [5, 5.41) is 6.55. The molecular formula is C24H24ClN3O3. The van der Waals surface area contributed by atoms with E-state index in [4.69, 9.17) is 20.8 Å². The molecule has 6 nitrogen and oxygen atoms in total. The topological polar surface area (TPSA) is 68.8 Å². The highest BCUT2D eigenvalue weighted by Gasteiger charge is 2.15. The molecule has 0 unspecified atom stereocenters. The summed E-state index contributed by atoms with van der Waals surface area (Å²) in [6.45, 7) is 7.82. The molecule has 0 saturated carbocycles. The Morgan fingerprint density at radius 1 is 1.19 bits per heavy atom. The number of benzene rings is 2. The molecule has 0 aliphatic rings. The number of aryl methyl sites for hydroxylation is 2. The monoisotopic (exact) mass is 437 g/mol. The Hall–Kier alpha value is -3.09. The molecule has 4 rings (SSSR count). The van der Waals surface area contributed by atoms with Gasteiger partial charge in [-0.1, -0.05) is 34.9 Å². The molecule has 160 valence electrons. The molecule has 0 spiro atoms. The number of hydrazone groups is 1. The number of hydrogen-bond acceptors (Lipinski definition) is 4. The fourth-order valence-electron chi connectivity index (χ4n) is 3.59. The summed E-state index contributed by atoms with van der Waals surface area (Å²) in [7, 11) is 0. The second kappa shape index (κ2) is 8.96. The van der Waals surface area contributed by atoms with Crippen LogP contribution >= 0.6 is 11.6 Å². The van der Waals surface area contributed by atoms with Crippen LogP contribution in [0.1, 0.15) is 34.2 Å². The number of furan rings is 1. The zero-order valence-electron chi connectivity index (χ0n) is 17.7. The van der Waals surface area contributed by atoms with Crippen molar-refractivity contribution in [2.75, 3.05) is 13.2 Å². The summed E-state index contributed by atoms with van der Waals surface area (Å²) in [5.74, 6) is -0.212. The second-order valence-electron chi connectivity index (χ2n) is 7.42. The number of carbonyl (C=O) groups excluding carboxylic acids is 1.